The van der Waals surface area contributed by atoms with Crippen molar-refractivity contribution < 1.29 is 0 Å². The minimum Gasteiger partial charge on any atom is -0.374 e. The maximum absolute atomic E-state index is 5.09. The van der Waals surface area contributed by atoms with Crippen LogP contribution in [0.5, 0.6) is 0 Å². The van der Waals surface area contributed by atoms with Gasteiger partial charge in [0.2, 0.25) is 0 Å². The number of fused-ring (bicyclic) bond motifs is 1. The SMILES string of the molecule is C=C(N=CN/N=C\C)C(=C)NC(C1=Nc2ccccc2C(=C)N1c1ccccc1)C1CC1. The van der Waals surface area contributed by atoms with E-state index >= 15 is 0 Å². The van der Waals surface area contributed by atoms with E-state index in [0.29, 0.717) is 17.3 Å². The molecular weight excluding hydrogens is 396 g/mol. The highest BCUT2D eigenvalue weighted by Crippen LogP contribution is 2.41. The Kier molecular flexibility index (Phi) is 6.31. The second-order valence-electron chi connectivity index (χ2n) is 7.76. The Bertz CT molecular complexity index is 1110. The van der Waals surface area contributed by atoms with Crippen LogP contribution in [-0.4, -0.2) is 24.4 Å². The summed E-state index contributed by atoms with van der Waals surface area (Å²) in [7, 11) is 0. The number of hydrogen-bond acceptors (Lipinski definition) is 5. The Labute approximate surface area is 189 Å². The molecule has 1 fully saturated rings. The van der Waals surface area contributed by atoms with Crippen molar-refractivity contribution in [2.75, 3.05) is 4.90 Å². The van der Waals surface area contributed by atoms with E-state index in [-0.39, 0.29) is 6.04 Å². The van der Waals surface area contributed by atoms with E-state index in [1.165, 1.54) is 6.34 Å². The molecule has 1 saturated carbocycles. The van der Waals surface area contributed by atoms with Crippen LogP contribution in [-0.2, 0) is 0 Å². The Morgan fingerprint density at radius 1 is 1.12 bits per heavy atom. The van der Waals surface area contributed by atoms with Crippen LogP contribution in [0, 0.1) is 5.92 Å². The number of amidine groups is 1. The van der Waals surface area contributed by atoms with Gasteiger partial charge in [-0.1, -0.05) is 56.1 Å². The molecule has 32 heavy (non-hydrogen) atoms. The number of anilines is 1. The summed E-state index contributed by atoms with van der Waals surface area (Å²) in [4.78, 5) is 11.5. The summed E-state index contributed by atoms with van der Waals surface area (Å²) in [6.45, 7) is 14.5. The van der Waals surface area contributed by atoms with E-state index in [2.05, 4.69) is 63.7 Å². The molecule has 162 valence electrons. The third-order valence-corrected chi connectivity index (χ3v) is 5.49. The van der Waals surface area contributed by atoms with Crippen LogP contribution in [0.2, 0.25) is 0 Å². The fourth-order valence-electron chi connectivity index (χ4n) is 3.71. The molecular formula is C26H28N6. The van der Waals surface area contributed by atoms with Gasteiger partial charge >= 0.3 is 0 Å². The van der Waals surface area contributed by atoms with Gasteiger partial charge in [-0.2, -0.15) is 5.10 Å². The van der Waals surface area contributed by atoms with Gasteiger partial charge in [-0.25, -0.2) is 9.98 Å². The molecule has 1 heterocycles. The van der Waals surface area contributed by atoms with Crippen LogP contribution < -0.4 is 15.6 Å². The summed E-state index contributed by atoms with van der Waals surface area (Å²) >= 11 is 0. The fourth-order valence-corrected chi connectivity index (χ4v) is 3.71. The lowest BCUT2D eigenvalue weighted by atomic mass is 10.0. The summed E-state index contributed by atoms with van der Waals surface area (Å²) in [5, 5.41) is 7.45. The minimum atomic E-state index is -0.0404. The smallest absolute Gasteiger partial charge is 0.137 e. The van der Waals surface area contributed by atoms with Gasteiger partial charge in [0.25, 0.3) is 0 Å². The number of nitrogens with one attached hydrogen (secondary N) is 2. The molecule has 1 atom stereocenters. The summed E-state index contributed by atoms with van der Waals surface area (Å²) < 4.78 is 0. The summed E-state index contributed by atoms with van der Waals surface area (Å²) in [6, 6.07) is 18.3. The van der Waals surface area contributed by atoms with Crippen molar-refractivity contribution >= 4 is 35.5 Å². The molecule has 4 rings (SSSR count). The van der Waals surface area contributed by atoms with E-state index in [9.17, 15) is 0 Å². The molecule has 2 N–H and O–H groups in total. The number of hydrogen-bond donors (Lipinski definition) is 2. The van der Waals surface area contributed by atoms with Gasteiger partial charge in [0.15, 0.2) is 0 Å². The normalized spacial score (nSPS) is 16.6. The van der Waals surface area contributed by atoms with Crippen molar-refractivity contribution in [1.82, 2.24) is 10.7 Å². The predicted molar refractivity (Wildman–Crippen MR) is 135 cm³/mol. The fraction of sp³-hybridized carbons (Fsp3) is 0.192. The van der Waals surface area contributed by atoms with E-state index in [1.54, 1.807) is 6.21 Å². The van der Waals surface area contributed by atoms with E-state index in [1.807, 2.05) is 43.3 Å². The van der Waals surface area contributed by atoms with Gasteiger partial charge in [0.05, 0.1) is 23.1 Å². The average Bonchev–Trinajstić information content (AvgIpc) is 3.66. The lowest BCUT2D eigenvalue weighted by Crippen LogP contribution is -2.48. The lowest BCUT2D eigenvalue weighted by molar-refractivity contribution is 0.627. The molecule has 0 amide bonds. The van der Waals surface area contributed by atoms with Gasteiger partial charge in [-0.15, -0.1) is 0 Å². The first kappa shape index (κ1) is 21.3. The molecule has 0 spiro atoms. The van der Waals surface area contributed by atoms with Crippen molar-refractivity contribution in [2.45, 2.75) is 25.8 Å². The molecule has 6 heteroatoms. The van der Waals surface area contributed by atoms with Gasteiger partial charge in [-0.05, 0) is 43.9 Å². The largest absolute Gasteiger partial charge is 0.374 e. The lowest BCUT2D eigenvalue weighted by Gasteiger charge is -2.37. The Morgan fingerprint density at radius 2 is 1.84 bits per heavy atom. The van der Waals surface area contributed by atoms with E-state index in [0.717, 1.165) is 41.3 Å². The zero-order valence-electron chi connectivity index (χ0n) is 18.3. The van der Waals surface area contributed by atoms with Gasteiger partial charge in [0, 0.05) is 23.2 Å². The topological polar surface area (TPSA) is 64.4 Å². The van der Waals surface area contributed by atoms with Crippen molar-refractivity contribution in [3.8, 4) is 0 Å². The van der Waals surface area contributed by atoms with Crippen molar-refractivity contribution in [3.63, 3.8) is 0 Å². The highest BCUT2D eigenvalue weighted by Gasteiger charge is 2.40. The van der Waals surface area contributed by atoms with Crippen LogP contribution in [0.25, 0.3) is 5.70 Å². The Morgan fingerprint density at radius 3 is 2.56 bits per heavy atom. The van der Waals surface area contributed by atoms with Crippen LogP contribution in [0.3, 0.4) is 0 Å². The first-order valence-electron chi connectivity index (χ1n) is 10.7. The molecule has 0 radical (unpaired) electrons. The Balaban J connectivity index is 1.67. The van der Waals surface area contributed by atoms with Crippen molar-refractivity contribution in [3.05, 3.63) is 91.3 Å². The van der Waals surface area contributed by atoms with Crippen LogP contribution in [0.15, 0.2) is 101 Å². The van der Waals surface area contributed by atoms with Crippen LogP contribution in [0.4, 0.5) is 11.4 Å². The number of rotatable bonds is 9. The van der Waals surface area contributed by atoms with Crippen molar-refractivity contribution in [2.24, 2.45) is 21.0 Å². The number of benzene rings is 2. The first-order valence-corrected chi connectivity index (χ1v) is 10.7. The monoisotopic (exact) mass is 424 g/mol. The number of aliphatic imine (C=N–C) groups is 2. The molecule has 0 bridgehead atoms. The summed E-state index contributed by atoms with van der Waals surface area (Å²) in [5.41, 5.74) is 7.81. The molecule has 1 aliphatic carbocycles. The van der Waals surface area contributed by atoms with Crippen LogP contribution >= 0.6 is 0 Å². The highest BCUT2D eigenvalue weighted by molar-refractivity contribution is 6.15. The molecule has 2 aromatic rings. The second-order valence-corrected chi connectivity index (χ2v) is 7.76. The summed E-state index contributed by atoms with van der Waals surface area (Å²) in [6.07, 6.45) is 5.40. The van der Waals surface area contributed by atoms with Crippen molar-refractivity contribution in [1.29, 1.82) is 0 Å². The predicted octanol–water partition coefficient (Wildman–Crippen LogP) is 5.23. The molecule has 2 aliphatic rings. The number of hydrazone groups is 1. The summed E-state index contributed by atoms with van der Waals surface area (Å²) in [5.74, 6) is 1.36. The van der Waals surface area contributed by atoms with Gasteiger partial charge in [0.1, 0.15) is 12.2 Å². The number of nitrogens with zero attached hydrogens (tertiary/aromatic N) is 4. The maximum atomic E-state index is 5.09. The molecule has 2 aromatic carbocycles. The van der Waals surface area contributed by atoms with Crippen LogP contribution in [0.1, 0.15) is 25.3 Å². The van der Waals surface area contributed by atoms with E-state index in [4.69, 9.17) is 4.99 Å². The average molecular weight is 425 g/mol. The van der Waals surface area contributed by atoms with Gasteiger partial charge < -0.3 is 5.32 Å². The first-order chi connectivity index (χ1) is 15.6. The Hall–Kier alpha value is -3.93. The third kappa shape index (κ3) is 4.54. The minimum absolute atomic E-state index is 0.0404. The highest BCUT2D eigenvalue weighted by atomic mass is 15.3. The molecule has 1 unspecified atom stereocenters. The molecule has 6 nitrogen and oxygen atoms in total. The number of para-hydroxylation sites is 2. The van der Waals surface area contributed by atoms with E-state index < -0.39 is 0 Å². The zero-order valence-corrected chi connectivity index (χ0v) is 18.3. The molecule has 1 aliphatic heterocycles. The molecule has 0 aromatic heterocycles. The van der Waals surface area contributed by atoms with Gasteiger partial charge in [-0.3, -0.25) is 10.3 Å². The second kappa shape index (κ2) is 9.47. The molecule has 0 saturated heterocycles. The standard InChI is InChI=1S/C26H28N6/c1-5-28-29-17-27-18(2)19(3)30-25(21-15-16-21)26-31-24-14-10-9-13-23(24)20(4)32(26)22-11-7-6-8-12-22/h5-14,17,21,25,30H,2-4,15-16H2,1H3,(H,27,29)/b28-5-. The maximum Gasteiger partial charge on any atom is 0.137 e. The third-order valence-electron chi connectivity index (χ3n) is 5.49. The quantitative estimate of drug-likeness (QED) is 0.251. The zero-order chi connectivity index (χ0) is 22.5.